The van der Waals surface area contributed by atoms with Crippen LogP contribution in [0.15, 0.2) is 47.5 Å². The van der Waals surface area contributed by atoms with Gasteiger partial charge in [0.15, 0.2) is 5.75 Å². The third-order valence-corrected chi connectivity index (χ3v) is 5.84. The summed E-state index contributed by atoms with van der Waals surface area (Å²) in [5, 5.41) is 5.73. The van der Waals surface area contributed by atoms with Gasteiger partial charge < -0.3 is 9.64 Å². The fraction of sp³-hybridized carbons (Fsp3) is 0.316. The van der Waals surface area contributed by atoms with E-state index in [9.17, 15) is 8.42 Å². The van der Waals surface area contributed by atoms with Crippen molar-refractivity contribution in [2.45, 2.75) is 0 Å². The predicted octanol–water partition coefficient (Wildman–Crippen LogP) is 2.43. The first-order valence-corrected chi connectivity index (χ1v) is 11.1. The lowest BCUT2D eigenvalue weighted by Crippen LogP contribution is -2.50. The minimum Gasteiger partial charge on any atom is -0.454 e. The van der Waals surface area contributed by atoms with Crippen molar-refractivity contribution in [2.75, 3.05) is 38.5 Å². The monoisotopic (exact) mass is 420 g/mol. The average Bonchev–Trinajstić information content (AvgIpc) is 2.83. The van der Waals surface area contributed by atoms with Gasteiger partial charge >= 0.3 is 0 Å². The molecule has 7 nitrogen and oxygen atoms in total. The van der Waals surface area contributed by atoms with Crippen molar-refractivity contribution in [1.29, 1.82) is 0 Å². The van der Waals surface area contributed by atoms with Gasteiger partial charge in [0.25, 0.3) is 0 Å². The fourth-order valence-electron chi connectivity index (χ4n) is 3.38. The summed E-state index contributed by atoms with van der Waals surface area (Å²) in [7, 11) is -3.45. The number of nitrogens with zero attached hydrogens (tertiary/aromatic N) is 3. The topological polar surface area (TPSA) is 88.2 Å². The van der Waals surface area contributed by atoms with Gasteiger partial charge in [-0.05, 0) is 30.3 Å². The van der Waals surface area contributed by atoms with Crippen molar-refractivity contribution in [3.8, 4) is 11.5 Å². The van der Waals surface area contributed by atoms with Crippen LogP contribution >= 0.6 is 11.6 Å². The second kappa shape index (κ2) is 7.71. The summed E-state index contributed by atoms with van der Waals surface area (Å²) in [6, 6.07) is 13.2. The number of para-hydroxylation sites is 2. The molecule has 0 aromatic heterocycles. The predicted molar refractivity (Wildman–Crippen MR) is 110 cm³/mol. The number of aliphatic imine (C=N–C) groups is 1. The Balaban J connectivity index is 1.60. The Bertz CT molecular complexity index is 1020. The molecule has 0 radical (unpaired) electrons. The van der Waals surface area contributed by atoms with Gasteiger partial charge in [0, 0.05) is 37.7 Å². The molecular formula is C19H21ClN4O3S. The third kappa shape index (κ3) is 4.30. The fourth-order valence-corrected chi connectivity index (χ4v) is 4.06. The number of hydrogen-bond donors (Lipinski definition) is 1. The van der Waals surface area contributed by atoms with E-state index >= 15 is 0 Å². The van der Waals surface area contributed by atoms with E-state index < -0.39 is 10.0 Å². The summed E-state index contributed by atoms with van der Waals surface area (Å²) in [5.41, 5.74) is 1.61. The number of piperazine rings is 1. The largest absolute Gasteiger partial charge is 0.454 e. The first kappa shape index (κ1) is 19.2. The smallest absolute Gasteiger partial charge is 0.210 e. The summed E-state index contributed by atoms with van der Waals surface area (Å²) in [6.45, 7) is 3.34. The highest BCUT2D eigenvalue weighted by Gasteiger charge is 2.26. The number of benzene rings is 2. The normalized spacial score (nSPS) is 17.2. The van der Waals surface area contributed by atoms with Crippen molar-refractivity contribution in [3.63, 3.8) is 0 Å². The number of amidine groups is 1. The second-order valence-corrected chi connectivity index (χ2v) is 9.01. The van der Waals surface area contributed by atoms with E-state index in [1.54, 1.807) is 6.07 Å². The third-order valence-electron chi connectivity index (χ3n) is 4.86. The van der Waals surface area contributed by atoms with E-state index in [2.05, 4.69) is 9.80 Å². The van der Waals surface area contributed by atoms with Crippen LogP contribution in [0.25, 0.3) is 0 Å². The van der Waals surface area contributed by atoms with Crippen LogP contribution in [0.1, 0.15) is 5.56 Å². The molecule has 148 valence electrons. The molecule has 2 N–H and O–H groups in total. The lowest BCUT2D eigenvalue weighted by atomic mass is 10.1. The van der Waals surface area contributed by atoms with Crippen molar-refractivity contribution >= 4 is 33.1 Å². The molecule has 2 heterocycles. The molecule has 0 atom stereocenters. The van der Waals surface area contributed by atoms with Crippen LogP contribution in [0.2, 0.25) is 5.02 Å². The summed E-state index contributed by atoms with van der Waals surface area (Å²) in [5.74, 6) is 2.19. The van der Waals surface area contributed by atoms with Crippen LogP contribution in [0, 0.1) is 0 Å². The Morgan fingerprint density at radius 3 is 2.57 bits per heavy atom. The van der Waals surface area contributed by atoms with E-state index in [1.807, 2.05) is 36.4 Å². The molecule has 2 aromatic rings. The first-order valence-electron chi connectivity index (χ1n) is 9.02. The Morgan fingerprint density at radius 1 is 1.07 bits per heavy atom. The van der Waals surface area contributed by atoms with Crippen LogP contribution in [-0.2, 0) is 10.0 Å². The maximum Gasteiger partial charge on any atom is 0.210 e. The minimum atomic E-state index is -3.45. The molecule has 2 aliphatic rings. The number of primary sulfonamides is 1. The van der Waals surface area contributed by atoms with E-state index in [-0.39, 0.29) is 5.75 Å². The van der Waals surface area contributed by atoms with Crippen LogP contribution < -0.4 is 9.88 Å². The molecule has 0 aliphatic carbocycles. The molecule has 2 aromatic carbocycles. The number of ether oxygens (including phenoxy) is 1. The van der Waals surface area contributed by atoms with Gasteiger partial charge in [-0.2, -0.15) is 0 Å². The van der Waals surface area contributed by atoms with Gasteiger partial charge in [0.05, 0.1) is 11.3 Å². The molecular weight excluding hydrogens is 400 g/mol. The van der Waals surface area contributed by atoms with Gasteiger partial charge in [-0.3, -0.25) is 4.90 Å². The zero-order valence-electron chi connectivity index (χ0n) is 15.2. The van der Waals surface area contributed by atoms with E-state index in [0.29, 0.717) is 23.1 Å². The molecule has 9 heteroatoms. The number of hydrogen-bond acceptors (Lipinski definition) is 6. The standard InChI is InChI=1S/C19H21ClN4O3S/c20-14-5-6-17-15(13-14)19(22-16-3-1-2-4-18(16)27-17)24-9-7-23(8-10-24)11-12-28(21,25)26/h1-6,13H,7-12H2,(H2,21,25,26). The molecule has 4 rings (SSSR count). The molecule has 1 fully saturated rings. The van der Waals surface area contributed by atoms with Crippen LogP contribution in [0.4, 0.5) is 5.69 Å². The highest BCUT2D eigenvalue weighted by Crippen LogP contribution is 2.38. The SMILES string of the molecule is NS(=O)(=O)CCN1CCN(C2=Nc3ccccc3Oc3ccc(Cl)cc32)CC1. The second-order valence-electron chi connectivity index (χ2n) is 6.84. The first-order chi connectivity index (χ1) is 13.4. The van der Waals surface area contributed by atoms with Crippen LogP contribution in [-0.4, -0.2) is 62.5 Å². The van der Waals surface area contributed by atoms with Crippen LogP contribution in [0.5, 0.6) is 11.5 Å². The highest BCUT2D eigenvalue weighted by atomic mass is 35.5. The maximum atomic E-state index is 11.2. The highest BCUT2D eigenvalue weighted by molar-refractivity contribution is 7.89. The molecule has 2 aliphatic heterocycles. The van der Waals surface area contributed by atoms with Gasteiger partial charge in [-0.15, -0.1) is 0 Å². The Kier molecular flexibility index (Phi) is 5.29. The number of sulfonamides is 1. The molecule has 0 unspecified atom stereocenters. The zero-order chi connectivity index (χ0) is 19.7. The number of halogens is 1. The van der Waals surface area contributed by atoms with Crippen molar-refractivity contribution in [2.24, 2.45) is 10.1 Å². The Hall–Kier alpha value is -2.13. The number of nitrogens with two attached hydrogens (primary N) is 1. The maximum absolute atomic E-state index is 11.2. The van der Waals surface area contributed by atoms with E-state index in [4.69, 9.17) is 26.5 Å². The van der Waals surface area contributed by atoms with E-state index in [0.717, 1.165) is 43.3 Å². The number of rotatable bonds is 3. The Morgan fingerprint density at radius 2 is 1.82 bits per heavy atom. The minimum absolute atomic E-state index is 0.0341. The van der Waals surface area contributed by atoms with Crippen molar-refractivity contribution in [1.82, 2.24) is 9.80 Å². The zero-order valence-corrected chi connectivity index (χ0v) is 16.8. The van der Waals surface area contributed by atoms with Gasteiger partial charge in [0.1, 0.15) is 17.3 Å². The molecule has 0 amide bonds. The molecule has 0 bridgehead atoms. The average molecular weight is 421 g/mol. The summed E-state index contributed by atoms with van der Waals surface area (Å²) < 4.78 is 28.5. The Labute approximate surface area is 169 Å². The van der Waals surface area contributed by atoms with Gasteiger partial charge in [-0.25, -0.2) is 18.5 Å². The molecule has 0 saturated carbocycles. The van der Waals surface area contributed by atoms with Crippen molar-refractivity contribution in [3.05, 3.63) is 53.1 Å². The lowest BCUT2D eigenvalue weighted by molar-refractivity contribution is 0.191. The molecule has 1 saturated heterocycles. The molecule has 28 heavy (non-hydrogen) atoms. The van der Waals surface area contributed by atoms with Crippen LogP contribution in [0.3, 0.4) is 0 Å². The van der Waals surface area contributed by atoms with Crippen molar-refractivity contribution < 1.29 is 13.2 Å². The quantitative estimate of drug-likeness (QED) is 0.823. The van der Waals surface area contributed by atoms with Gasteiger partial charge in [0.2, 0.25) is 10.0 Å². The van der Waals surface area contributed by atoms with Gasteiger partial charge in [-0.1, -0.05) is 23.7 Å². The number of fused-ring (bicyclic) bond motifs is 2. The van der Waals surface area contributed by atoms with E-state index in [1.165, 1.54) is 0 Å². The summed E-state index contributed by atoms with van der Waals surface area (Å²) in [4.78, 5) is 9.17. The summed E-state index contributed by atoms with van der Waals surface area (Å²) in [6.07, 6.45) is 0. The lowest BCUT2D eigenvalue weighted by Gasteiger charge is -2.36. The molecule has 0 spiro atoms. The summed E-state index contributed by atoms with van der Waals surface area (Å²) >= 11 is 6.25.